The average Bonchev–Trinajstić information content (AvgIpc) is 2.83. The van der Waals surface area contributed by atoms with Crippen molar-refractivity contribution in [3.05, 3.63) is 42.0 Å². The predicted molar refractivity (Wildman–Crippen MR) is 70.3 cm³/mol. The van der Waals surface area contributed by atoms with Crippen LogP contribution in [-0.4, -0.2) is 21.4 Å². The van der Waals surface area contributed by atoms with E-state index in [0.29, 0.717) is 30.3 Å². The van der Waals surface area contributed by atoms with Crippen LogP contribution in [0.3, 0.4) is 0 Å². The lowest BCUT2D eigenvalue weighted by atomic mass is 10.2. The molecule has 1 atom stereocenters. The van der Waals surface area contributed by atoms with Gasteiger partial charge in [-0.25, -0.2) is 0 Å². The van der Waals surface area contributed by atoms with Crippen molar-refractivity contribution in [3.63, 3.8) is 0 Å². The maximum absolute atomic E-state index is 9.18. The first kappa shape index (κ1) is 13.1. The first-order chi connectivity index (χ1) is 8.74. The SMILES string of the molecule is CC(O)CCc1nc(CSc2ccccc2)no1. The summed E-state index contributed by atoms with van der Waals surface area (Å²) in [5, 5.41) is 13.1. The number of nitrogens with zero attached hydrogens (tertiary/aromatic N) is 2. The van der Waals surface area contributed by atoms with Gasteiger partial charge in [-0.05, 0) is 25.5 Å². The van der Waals surface area contributed by atoms with Gasteiger partial charge in [-0.2, -0.15) is 4.98 Å². The number of aryl methyl sites for hydroxylation is 1. The molecule has 1 unspecified atom stereocenters. The second-order valence-corrected chi connectivity index (χ2v) is 5.14. The van der Waals surface area contributed by atoms with E-state index in [1.54, 1.807) is 18.7 Å². The van der Waals surface area contributed by atoms with Gasteiger partial charge in [0, 0.05) is 11.3 Å². The topological polar surface area (TPSA) is 59.2 Å². The number of hydrogen-bond acceptors (Lipinski definition) is 5. The summed E-state index contributed by atoms with van der Waals surface area (Å²) >= 11 is 1.68. The Labute approximate surface area is 110 Å². The zero-order chi connectivity index (χ0) is 12.8. The van der Waals surface area contributed by atoms with E-state index in [-0.39, 0.29) is 6.10 Å². The van der Waals surface area contributed by atoms with Crippen LogP contribution in [0.5, 0.6) is 0 Å². The van der Waals surface area contributed by atoms with Crippen LogP contribution in [0.1, 0.15) is 25.1 Å². The van der Waals surface area contributed by atoms with Gasteiger partial charge in [-0.1, -0.05) is 23.4 Å². The molecule has 96 valence electrons. The molecule has 1 N–H and O–H groups in total. The molecule has 2 rings (SSSR count). The number of thioether (sulfide) groups is 1. The van der Waals surface area contributed by atoms with Gasteiger partial charge in [0.15, 0.2) is 5.82 Å². The lowest BCUT2D eigenvalue weighted by Gasteiger charge is -1.98. The van der Waals surface area contributed by atoms with Crippen molar-refractivity contribution in [2.24, 2.45) is 0 Å². The molecule has 0 amide bonds. The molecule has 0 bridgehead atoms. The van der Waals surface area contributed by atoms with Crippen molar-refractivity contribution < 1.29 is 9.63 Å². The predicted octanol–water partition coefficient (Wildman–Crippen LogP) is 2.68. The third-order valence-electron chi connectivity index (χ3n) is 2.40. The van der Waals surface area contributed by atoms with Crippen LogP contribution in [0.2, 0.25) is 0 Å². The second kappa shape index (κ2) is 6.56. The minimum atomic E-state index is -0.334. The monoisotopic (exact) mass is 264 g/mol. The lowest BCUT2D eigenvalue weighted by Crippen LogP contribution is -2.01. The van der Waals surface area contributed by atoms with E-state index in [1.807, 2.05) is 18.2 Å². The highest BCUT2D eigenvalue weighted by atomic mass is 32.2. The van der Waals surface area contributed by atoms with Crippen LogP contribution in [0.15, 0.2) is 39.8 Å². The van der Waals surface area contributed by atoms with Crippen molar-refractivity contribution in [1.82, 2.24) is 10.1 Å². The molecule has 0 aliphatic heterocycles. The molecule has 1 heterocycles. The summed E-state index contributed by atoms with van der Waals surface area (Å²) in [4.78, 5) is 5.48. The molecule has 0 saturated carbocycles. The molecule has 0 aliphatic rings. The van der Waals surface area contributed by atoms with Crippen LogP contribution < -0.4 is 0 Å². The Morgan fingerprint density at radius 1 is 1.33 bits per heavy atom. The maximum atomic E-state index is 9.18. The van der Waals surface area contributed by atoms with Gasteiger partial charge in [0.1, 0.15) is 0 Å². The van der Waals surface area contributed by atoms with Crippen molar-refractivity contribution in [2.45, 2.75) is 36.5 Å². The summed E-state index contributed by atoms with van der Waals surface area (Å²) in [6.45, 7) is 1.75. The Kier molecular flexibility index (Phi) is 4.78. The number of aromatic nitrogens is 2. The Morgan fingerprint density at radius 3 is 2.83 bits per heavy atom. The summed E-state index contributed by atoms with van der Waals surface area (Å²) in [7, 11) is 0. The lowest BCUT2D eigenvalue weighted by molar-refractivity contribution is 0.180. The van der Waals surface area contributed by atoms with Gasteiger partial charge in [0.05, 0.1) is 11.9 Å². The Bertz CT molecular complexity index is 471. The highest BCUT2D eigenvalue weighted by Gasteiger charge is 2.07. The first-order valence-electron chi connectivity index (χ1n) is 5.91. The molecule has 2 aromatic rings. The maximum Gasteiger partial charge on any atom is 0.226 e. The summed E-state index contributed by atoms with van der Waals surface area (Å²) in [5.74, 6) is 1.99. The molecular formula is C13H16N2O2S. The fraction of sp³-hybridized carbons (Fsp3) is 0.385. The van der Waals surface area contributed by atoms with Crippen LogP contribution in [0, 0.1) is 0 Å². The smallest absolute Gasteiger partial charge is 0.226 e. The van der Waals surface area contributed by atoms with Gasteiger partial charge in [-0.3, -0.25) is 0 Å². The van der Waals surface area contributed by atoms with Gasteiger partial charge in [-0.15, -0.1) is 11.8 Å². The number of benzene rings is 1. The molecule has 1 aromatic heterocycles. The van der Waals surface area contributed by atoms with Crippen LogP contribution in [-0.2, 0) is 12.2 Å². The Balaban J connectivity index is 1.83. The molecule has 1 aromatic carbocycles. The van der Waals surface area contributed by atoms with E-state index in [9.17, 15) is 5.11 Å². The van der Waals surface area contributed by atoms with Crippen LogP contribution >= 0.6 is 11.8 Å². The summed E-state index contributed by atoms with van der Waals surface area (Å²) in [5.41, 5.74) is 0. The molecule has 5 heteroatoms. The molecule has 18 heavy (non-hydrogen) atoms. The zero-order valence-corrected chi connectivity index (χ0v) is 11.1. The molecule has 0 saturated heterocycles. The third kappa shape index (κ3) is 4.16. The Morgan fingerprint density at radius 2 is 2.11 bits per heavy atom. The second-order valence-electron chi connectivity index (χ2n) is 4.09. The minimum absolute atomic E-state index is 0.334. The standard InChI is InChI=1S/C13H16N2O2S/c1-10(16)7-8-13-14-12(15-17-13)9-18-11-5-3-2-4-6-11/h2-6,10,16H,7-9H2,1H3. The van der Waals surface area contributed by atoms with Crippen molar-refractivity contribution in [3.8, 4) is 0 Å². The number of hydrogen-bond donors (Lipinski definition) is 1. The molecule has 4 nitrogen and oxygen atoms in total. The summed E-state index contributed by atoms with van der Waals surface area (Å²) in [6.07, 6.45) is 0.938. The average molecular weight is 264 g/mol. The van der Waals surface area contributed by atoms with Crippen LogP contribution in [0.4, 0.5) is 0 Å². The van der Waals surface area contributed by atoms with E-state index in [4.69, 9.17) is 4.52 Å². The fourth-order valence-corrected chi connectivity index (χ4v) is 2.21. The third-order valence-corrected chi connectivity index (χ3v) is 3.41. The van der Waals surface area contributed by atoms with E-state index < -0.39 is 0 Å². The number of aliphatic hydroxyl groups excluding tert-OH is 1. The van der Waals surface area contributed by atoms with Gasteiger partial charge >= 0.3 is 0 Å². The van der Waals surface area contributed by atoms with Crippen molar-refractivity contribution in [1.29, 1.82) is 0 Å². The van der Waals surface area contributed by atoms with Crippen molar-refractivity contribution in [2.75, 3.05) is 0 Å². The van der Waals surface area contributed by atoms with Crippen LogP contribution in [0.25, 0.3) is 0 Å². The number of aliphatic hydroxyl groups is 1. The van der Waals surface area contributed by atoms with Crippen molar-refractivity contribution >= 4 is 11.8 Å². The normalized spacial score (nSPS) is 12.6. The fourth-order valence-electron chi connectivity index (χ4n) is 1.45. The van der Waals surface area contributed by atoms with E-state index in [2.05, 4.69) is 22.3 Å². The largest absolute Gasteiger partial charge is 0.393 e. The summed E-state index contributed by atoms with van der Waals surface area (Å²) in [6, 6.07) is 10.1. The van der Waals surface area contributed by atoms with Gasteiger partial charge in [0.2, 0.25) is 5.89 Å². The molecule has 0 spiro atoms. The van der Waals surface area contributed by atoms with E-state index in [1.165, 1.54) is 4.90 Å². The highest BCUT2D eigenvalue weighted by molar-refractivity contribution is 7.98. The quantitative estimate of drug-likeness (QED) is 0.813. The minimum Gasteiger partial charge on any atom is -0.393 e. The van der Waals surface area contributed by atoms with E-state index >= 15 is 0 Å². The molecule has 0 fully saturated rings. The highest BCUT2D eigenvalue weighted by Crippen LogP contribution is 2.20. The molecule has 0 aliphatic carbocycles. The summed E-state index contributed by atoms with van der Waals surface area (Å²) < 4.78 is 5.12. The zero-order valence-electron chi connectivity index (χ0n) is 10.2. The first-order valence-corrected chi connectivity index (χ1v) is 6.90. The molecule has 0 radical (unpaired) electrons. The van der Waals surface area contributed by atoms with Gasteiger partial charge < -0.3 is 9.63 Å². The Hall–Kier alpha value is -1.33. The van der Waals surface area contributed by atoms with Gasteiger partial charge in [0.25, 0.3) is 0 Å². The van der Waals surface area contributed by atoms with E-state index in [0.717, 1.165) is 0 Å². The number of rotatable bonds is 6. The molecular weight excluding hydrogens is 248 g/mol.